The molecule has 106 valence electrons. The van der Waals surface area contributed by atoms with Gasteiger partial charge in [0.25, 0.3) is 0 Å². The first kappa shape index (κ1) is 15.0. The van der Waals surface area contributed by atoms with Crippen molar-refractivity contribution in [2.24, 2.45) is 0 Å². The van der Waals surface area contributed by atoms with E-state index < -0.39 is 10.0 Å². The normalized spacial score (nSPS) is 11.2. The highest BCUT2D eigenvalue weighted by Crippen LogP contribution is 2.14. The summed E-state index contributed by atoms with van der Waals surface area (Å²) >= 11 is 3.19. The highest BCUT2D eigenvalue weighted by atomic mass is 79.9. The number of pyridine rings is 1. The standard InChI is InChI=1S/C13H13BrN2O3S/c14-11-8-13(10-15-9-11)20(17,18)16-6-7-19-12-4-2-1-3-5-12/h1-5,8-10,16H,6-7H2. The van der Waals surface area contributed by atoms with E-state index in [1.54, 1.807) is 0 Å². The first-order valence-electron chi connectivity index (χ1n) is 5.86. The molecule has 7 heteroatoms. The topological polar surface area (TPSA) is 68.3 Å². The van der Waals surface area contributed by atoms with Crippen molar-refractivity contribution in [2.75, 3.05) is 13.2 Å². The van der Waals surface area contributed by atoms with E-state index in [-0.39, 0.29) is 18.0 Å². The fourth-order valence-electron chi connectivity index (χ4n) is 1.48. The first-order valence-corrected chi connectivity index (χ1v) is 8.13. The zero-order valence-electron chi connectivity index (χ0n) is 10.5. The lowest BCUT2D eigenvalue weighted by molar-refractivity contribution is 0.323. The molecular formula is C13H13BrN2O3S. The van der Waals surface area contributed by atoms with Crippen LogP contribution in [0.1, 0.15) is 0 Å². The molecule has 20 heavy (non-hydrogen) atoms. The fraction of sp³-hybridized carbons (Fsp3) is 0.154. The molecule has 1 aromatic carbocycles. The molecule has 0 unspecified atom stereocenters. The molecule has 2 aromatic rings. The summed E-state index contributed by atoms with van der Waals surface area (Å²) in [7, 11) is -3.56. The Labute approximate surface area is 126 Å². The minimum atomic E-state index is -3.56. The highest BCUT2D eigenvalue weighted by molar-refractivity contribution is 9.10. The monoisotopic (exact) mass is 356 g/mol. The number of rotatable bonds is 6. The van der Waals surface area contributed by atoms with Crippen LogP contribution in [0, 0.1) is 0 Å². The van der Waals surface area contributed by atoms with Gasteiger partial charge in [-0.3, -0.25) is 4.98 Å². The maximum atomic E-state index is 12.0. The largest absolute Gasteiger partial charge is 0.492 e. The van der Waals surface area contributed by atoms with Crippen molar-refractivity contribution in [3.8, 4) is 5.75 Å². The average molecular weight is 357 g/mol. The van der Waals surface area contributed by atoms with E-state index in [9.17, 15) is 8.42 Å². The first-order chi connectivity index (χ1) is 9.58. The van der Waals surface area contributed by atoms with Crippen LogP contribution < -0.4 is 9.46 Å². The minimum absolute atomic E-state index is 0.117. The number of hydrogen-bond acceptors (Lipinski definition) is 4. The summed E-state index contributed by atoms with van der Waals surface area (Å²) in [6.07, 6.45) is 2.82. The molecule has 0 aliphatic rings. The van der Waals surface area contributed by atoms with E-state index in [2.05, 4.69) is 25.6 Å². The Morgan fingerprint density at radius 2 is 1.95 bits per heavy atom. The van der Waals surface area contributed by atoms with Gasteiger partial charge in [0.2, 0.25) is 10.0 Å². The van der Waals surface area contributed by atoms with Crippen molar-refractivity contribution in [1.29, 1.82) is 0 Å². The number of sulfonamides is 1. The third-order valence-electron chi connectivity index (χ3n) is 2.40. The molecule has 0 fully saturated rings. The number of para-hydroxylation sites is 1. The van der Waals surface area contributed by atoms with Crippen molar-refractivity contribution in [1.82, 2.24) is 9.71 Å². The molecule has 1 aromatic heterocycles. The van der Waals surface area contributed by atoms with Gasteiger partial charge in [0.15, 0.2) is 0 Å². The van der Waals surface area contributed by atoms with Gasteiger partial charge in [-0.25, -0.2) is 13.1 Å². The lowest BCUT2D eigenvalue weighted by Crippen LogP contribution is -2.28. The lowest BCUT2D eigenvalue weighted by atomic mass is 10.3. The van der Waals surface area contributed by atoms with Crippen molar-refractivity contribution in [3.63, 3.8) is 0 Å². The Hall–Kier alpha value is -1.44. The molecule has 0 aliphatic heterocycles. The molecule has 1 N–H and O–H groups in total. The van der Waals surface area contributed by atoms with Crippen molar-refractivity contribution < 1.29 is 13.2 Å². The molecule has 0 amide bonds. The van der Waals surface area contributed by atoms with Crippen LogP contribution in [0.15, 0.2) is 58.2 Å². The second kappa shape index (κ2) is 6.83. The van der Waals surface area contributed by atoms with Crippen LogP contribution in [0.3, 0.4) is 0 Å². The summed E-state index contributed by atoms with van der Waals surface area (Å²) in [5, 5.41) is 0. The van der Waals surface area contributed by atoms with E-state index in [1.165, 1.54) is 18.5 Å². The molecule has 0 saturated heterocycles. The van der Waals surface area contributed by atoms with Crippen molar-refractivity contribution in [2.45, 2.75) is 4.90 Å². The van der Waals surface area contributed by atoms with E-state index in [4.69, 9.17) is 4.74 Å². The Kier molecular flexibility index (Phi) is 5.11. The second-order valence-electron chi connectivity index (χ2n) is 3.90. The number of nitrogens with one attached hydrogen (secondary N) is 1. The highest BCUT2D eigenvalue weighted by Gasteiger charge is 2.13. The Morgan fingerprint density at radius 3 is 2.65 bits per heavy atom. The molecule has 0 atom stereocenters. The van der Waals surface area contributed by atoms with Crippen LogP contribution in [0.25, 0.3) is 0 Å². The van der Waals surface area contributed by atoms with E-state index in [0.717, 1.165) is 0 Å². The summed E-state index contributed by atoms with van der Waals surface area (Å²) in [5.41, 5.74) is 0. The smallest absolute Gasteiger partial charge is 0.242 e. The molecule has 2 rings (SSSR count). The van der Waals surface area contributed by atoms with E-state index >= 15 is 0 Å². The Balaban J connectivity index is 1.87. The van der Waals surface area contributed by atoms with Crippen LogP contribution in [0.2, 0.25) is 0 Å². The van der Waals surface area contributed by atoms with Gasteiger partial charge in [0.05, 0.1) is 0 Å². The van der Waals surface area contributed by atoms with Gasteiger partial charge in [-0.15, -0.1) is 0 Å². The molecule has 5 nitrogen and oxygen atoms in total. The number of aromatic nitrogens is 1. The lowest BCUT2D eigenvalue weighted by Gasteiger charge is -2.08. The van der Waals surface area contributed by atoms with Gasteiger partial charge in [0, 0.05) is 23.4 Å². The Morgan fingerprint density at radius 1 is 1.20 bits per heavy atom. The summed E-state index contributed by atoms with van der Waals surface area (Å²) in [4.78, 5) is 3.95. The number of benzene rings is 1. The van der Waals surface area contributed by atoms with Crippen molar-refractivity contribution >= 4 is 26.0 Å². The third kappa shape index (κ3) is 4.29. The van der Waals surface area contributed by atoms with Crippen LogP contribution >= 0.6 is 15.9 Å². The minimum Gasteiger partial charge on any atom is -0.492 e. The van der Waals surface area contributed by atoms with Gasteiger partial charge >= 0.3 is 0 Å². The molecule has 0 bridgehead atoms. The molecular weight excluding hydrogens is 344 g/mol. The van der Waals surface area contributed by atoms with Crippen LogP contribution in [0.5, 0.6) is 5.75 Å². The molecule has 0 aliphatic carbocycles. The van der Waals surface area contributed by atoms with Crippen molar-refractivity contribution in [3.05, 3.63) is 53.3 Å². The maximum absolute atomic E-state index is 12.0. The number of hydrogen-bond donors (Lipinski definition) is 1. The Bertz CT molecular complexity index is 662. The third-order valence-corrected chi connectivity index (χ3v) is 4.26. The quantitative estimate of drug-likeness (QED) is 0.805. The predicted molar refractivity (Wildman–Crippen MR) is 79.1 cm³/mol. The summed E-state index contributed by atoms with van der Waals surface area (Å²) in [6.45, 7) is 0.439. The zero-order valence-corrected chi connectivity index (χ0v) is 12.9. The van der Waals surface area contributed by atoms with Gasteiger partial charge in [0.1, 0.15) is 17.3 Å². The molecule has 1 heterocycles. The molecule has 0 spiro atoms. The summed E-state index contributed by atoms with van der Waals surface area (Å²) < 4.78 is 32.4. The SMILES string of the molecule is O=S(=O)(NCCOc1ccccc1)c1cncc(Br)c1. The average Bonchev–Trinajstić information content (AvgIpc) is 2.45. The number of nitrogens with zero attached hydrogens (tertiary/aromatic N) is 1. The summed E-state index contributed by atoms with van der Waals surface area (Å²) in [6, 6.07) is 10.7. The number of halogens is 1. The van der Waals surface area contributed by atoms with E-state index in [0.29, 0.717) is 10.2 Å². The number of ether oxygens (including phenoxy) is 1. The van der Waals surface area contributed by atoms with Gasteiger partial charge in [-0.2, -0.15) is 0 Å². The van der Waals surface area contributed by atoms with Crippen LogP contribution in [-0.4, -0.2) is 26.6 Å². The van der Waals surface area contributed by atoms with Gasteiger partial charge in [-0.1, -0.05) is 18.2 Å². The zero-order chi connectivity index (χ0) is 14.4. The van der Waals surface area contributed by atoms with Gasteiger partial charge < -0.3 is 4.74 Å². The molecule has 0 saturated carbocycles. The van der Waals surface area contributed by atoms with E-state index in [1.807, 2.05) is 30.3 Å². The molecule has 0 radical (unpaired) electrons. The predicted octanol–water partition coefficient (Wildman–Crippen LogP) is 2.20. The van der Waals surface area contributed by atoms with Crippen LogP contribution in [0.4, 0.5) is 0 Å². The fourth-order valence-corrected chi connectivity index (χ4v) is 3.00. The summed E-state index contributed by atoms with van der Waals surface area (Å²) in [5.74, 6) is 0.704. The second-order valence-corrected chi connectivity index (χ2v) is 6.58. The van der Waals surface area contributed by atoms with Crippen LogP contribution in [-0.2, 0) is 10.0 Å². The van der Waals surface area contributed by atoms with Gasteiger partial charge in [-0.05, 0) is 34.1 Å². The maximum Gasteiger partial charge on any atom is 0.242 e.